The number of carbonyl (C=O) groups excluding carboxylic acids is 1. The monoisotopic (exact) mass is 528 g/mol. The van der Waals surface area contributed by atoms with Crippen LogP contribution in [0.15, 0.2) is 42.7 Å². The highest BCUT2D eigenvalue weighted by molar-refractivity contribution is 6.03. The van der Waals surface area contributed by atoms with Crippen LogP contribution >= 0.6 is 0 Å². The summed E-state index contributed by atoms with van der Waals surface area (Å²) in [5.74, 6) is -3.99. The molecule has 1 saturated heterocycles. The number of halogens is 3. The van der Waals surface area contributed by atoms with Crippen LogP contribution in [0.5, 0.6) is 5.75 Å². The van der Waals surface area contributed by atoms with E-state index < -0.39 is 46.8 Å². The summed E-state index contributed by atoms with van der Waals surface area (Å²) in [5.41, 5.74) is 5.72. The summed E-state index contributed by atoms with van der Waals surface area (Å²) in [6.07, 6.45) is 3.33. The van der Waals surface area contributed by atoms with Gasteiger partial charge in [0.05, 0.1) is 36.8 Å². The lowest BCUT2D eigenvalue weighted by Gasteiger charge is -2.36. The van der Waals surface area contributed by atoms with Gasteiger partial charge in [-0.3, -0.25) is 9.78 Å². The van der Waals surface area contributed by atoms with Crippen molar-refractivity contribution in [1.82, 2.24) is 9.97 Å². The van der Waals surface area contributed by atoms with E-state index in [9.17, 15) is 23.1 Å². The van der Waals surface area contributed by atoms with Crippen molar-refractivity contribution in [2.75, 3.05) is 18.5 Å². The third-order valence-corrected chi connectivity index (χ3v) is 7.02. The average Bonchev–Trinajstić information content (AvgIpc) is 2.85. The van der Waals surface area contributed by atoms with Crippen LogP contribution in [0.3, 0.4) is 0 Å². The van der Waals surface area contributed by atoms with Gasteiger partial charge < -0.3 is 25.6 Å². The van der Waals surface area contributed by atoms with E-state index >= 15 is 0 Å². The average molecular weight is 529 g/mol. The van der Waals surface area contributed by atoms with Crippen molar-refractivity contribution >= 4 is 11.6 Å². The van der Waals surface area contributed by atoms with E-state index in [4.69, 9.17) is 15.2 Å². The number of hydrogen-bond acceptors (Lipinski definition) is 7. The van der Waals surface area contributed by atoms with Crippen molar-refractivity contribution in [1.29, 1.82) is 0 Å². The quantitative estimate of drug-likeness (QED) is 0.445. The zero-order valence-electron chi connectivity index (χ0n) is 20.5. The molecule has 38 heavy (non-hydrogen) atoms. The molecule has 11 heteroatoms. The predicted octanol–water partition coefficient (Wildman–Crippen LogP) is 3.79. The van der Waals surface area contributed by atoms with Gasteiger partial charge in [-0.05, 0) is 48.4 Å². The summed E-state index contributed by atoms with van der Waals surface area (Å²) in [5, 5.41) is 12.9. The Balaban J connectivity index is 1.40. The number of aromatic nitrogens is 2. The van der Waals surface area contributed by atoms with E-state index in [2.05, 4.69) is 15.3 Å². The third kappa shape index (κ3) is 5.22. The zero-order valence-corrected chi connectivity index (χ0v) is 20.5. The van der Waals surface area contributed by atoms with E-state index in [1.54, 1.807) is 12.3 Å². The first-order chi connectivity index (χ1) is 18.2. The molecule has 2 aromatic heterocycles. The predicted molar refractivity (Wildman–Crippen MR) is 132 cm³/mol. The molecule has 0 unspecified atom stereocenters. The molecule has 4 N–H and O–H groups in total. The molecule has 0 bridgehead atoms. The van der Waals surface area contributed by atoms with E-state index in [0.29, 0.717) is 31.7 Å². The lowest BCUT2D eigenvalue weighted by atomic mass is 9.74. The summed E-state index contributed by atoms with van der Waals surface area (Å²) in [6, 6.07) is 5.30. The summed E-state index contributed by atoms with van der Waals surface area (Å²) in [4.78, 5) is 21.1. The maximum atomic E-state index is 14.9. The second-order valence-electron chi connectivity index (χ2n) is 9.78. The van der Waals surface area contributed by atoms with Crippen molar-refractivity contribution in [2.45, 2.75) is 43.9 Å². The second kappa shape index (κ2) is 10.7. The Kier molecular flexibility index (Phi) is 7.33. The first-order valence-electron chi connectivity index (χ1n) is 12.3. The molecular formula is C27H27F3N4O4. The Morgan fingerprint density at radius 3 is 2.53 bits per heavy atom. The topological polar surface area (TPSA) is 120 Å². The van der Waals surface area contributed by atoms with Crippen LogP contribution < -0.4 is 15.8 Å². The molecule has 4 atom stereocenters. The van der Waals surface area contributed by atoms with Crippen molar-refractivity contribution in [3.8, 4) is 17.0 Å². The molecule has 1 aromatic carbocycles. The second-order valence-corrected chi connectivity index (χ2v) is 9.78. The molecule has 2 aliphatic rings. The van der Waals surface area contributed by atoms with Crippen LogP contribution in [-0.2, 0) is 4.74 Å². The Bertz CT molecular complexity index is 1320. The molecule has 8 nitrogen and oxygen atoms in total. The number of carbonyl (C=O) groups is 1. The number of hydrogen-bond donors (Lipinski definition) is 3. The zero-order chi connectivity index (χ0) is 27.0. The number of nitrogens with two attached hydrogens (primary N) is 1. The van der Waals surface area contributed by atoms with E-state index in [0.717, 1.165) is 29.8 Å². The number of benzene rings is 1. The van der Waals surface area contributed by atoms with Gasteiger partial charge in [0.25, 0.3) is 5.91 Å². The molecule has 3 aromatic rings. The first-order valence-corrected chi connectivity index (χ1v) is 12.3. The number of nitrogens with one attached hydrogen (secondary N) is 1. The van der Waals surface area contributed by atoms with Crippen LogP contribution in [-0.4, -0.2) is 52.4 Å². The Morgan fingerprint density at radius 1 is 1.13 bits per heavy atom. The van der Waals surface area contributed by atoms with Gasteiger partial charge in [-0.1, -0.05) is 6.92 Å². The lowest BCUT2D eigenvalue weighted by molar-refractivity contribution is -0.0798. The number of aliphatic hydroxyl groups is 1. The van der Waals surface area contributed by atoms with Crippen LogP contribution in [0.1, 0.15) is 41.7 Å². The standard InChI is InChI=1S/C27H27F3N4O4/c1-13-6-14(7-21(31)26(13)35)17-4-5-32-10-23(17)34-27(36)22-3-2-18(28)25(33-22)24-19(29)8-15(9-20(24)30)38-16-11-37-12-16/h2-5,8-10,13-14,16,21,26,35H,6-7,11-12,31H2,1H3,(H,34,36)/t13-,14+,21+,26+/m0/s1. The molecule has 200 valence electrons. The molecule has 1 aliphatic heterocycles. The highest BCUT2D eigenvalue weighted by atomic mass is 19.1. The Hall–Kier alpha value is -3.54. The van der Waals surface area contributed by atoms with Crippen LogP contribution in [0.25, 0.3) is 11.3 Å². The van der Waals surface area contributed by atoms with Gasteiger partial charge in [-0.25, -0.2) is 18.2 Å². The van der Waals surface area contributed by atoms with Crippen molar-refractivity contribution in [3.05, 3.63) is 71.4 Å². The highest BCUT2D eigenvalue weighted by Gasteiger charge is 2.34. The molecule has 3 heterocycles. The SMILES string of the molecule is C[C@H]1C[C@@H](c2ccncc2NC(=O)c2ccc(F)c(-c3c(F)cc(OC4COC4)cc3F)n2)C[C@@H](N)[C@@H]1O. The smallest absolute Gasteiger partial charge is 0.274 e. The number of aliphatic hydroxyl groups excluding tert-OH is 1. The lowest BCUT2D eigenvalue weighted by Crippen LogP contribution is -2.44. The Morgan fingerprint density at radius 2 is 1.87 bits per heavy atom. The maximum Gasteiger partial charge on any atom is 0.274 e. The van der Waals surface area contributed by atoms with Gasteiger partial charge >= 0.3 is 0 Å². The molecular weight excluding hydrogens is 501 g/mol. The number of anilines is 1. The number of amides is 1. The maximum absolute atomic E-state index is 14.9. The first kappa shape index (κ1) is 26.1. The summed E-state index contributed by atoms with van der Waals surface area (Å²) in [6.45, 7) is 2.54. The number of pyridine rings is 2. The Labute approximate surface area is 217 Å². The minimum atomic E-state index is -1.08. The van der Waals surface area contributed by atoms with Crippen LogP contribution in [0.2, 0.25) is 0 Å². The van der Waals surface area contributed by atoms with Gasteiger partial charge in [0, 0.05) is 24.4 Å². The molecule has 1 amide bonds. The normalized spacial score (nSPS) is 23.5. The summed E-state index contributed by atoms with van der Waals surface area (Å²) in [7, 11) is 0. The van der Waals surface area contributed by atoms with Crippen molar-refractivity contribution in [2.24, 2.45) is 11.7 Å². The fraction of sp³-hybridized carbons (Fsp3) is 0.370. The highest BCUT2D eigenvalue weighted by Crippen LogP contribution is 2.38. The fourth-order valence-electron chi connectivity index (χ4n) is 4.94. The van der Waals surface area contributed by atoms with E-state index in [1.165, 1.54) is 6.20 Å². The van der Waals surface area contributed by atoms with Gasteiger partial charge in [-0.15, -0.1) is 0 Å². The van der Waals surface area contributed by atoms with E-state index in [-0.39, 0.29) is 29.4 Å². The molecule has 1 saturated carbocycles. The van der Waals surface area contributed by atoms with Crippen molar-refractivity contribution in [3.63, 3.8) is 0 Å². The van der Waals surface area contributed by atoms with Gasteiger partial charge in [0.15, 0.2) is 0 Å². The largest absolute Gasteiger partial charge is 0.485 e. The van der Waals surface area contributed by atoms with Gasteiger partial charge in [-0.2, -0.15) is 0 Å². The van der Waals surface area contributed by atoms with Crippen LogP contribution in [0.4, 0.5) is 18.9 Å². The summed E-state index contributed by atoms with van der Waals surface area (Å²) < 4.78 is 54.9. The third-order valence-electron chi connectivity index (χ3n) is 7.02. The van der Waals surface area contributed by atoms with Crippen LogP contribution in [0, 0.1) is 23.4 Å². The van der Waals surface area contributed by atoms with Crippen molar-refractivity contribution < 1.29 is 32.5 Å². The number of ether oxygens (including phenoxy) is 2. The van der Waals surface area contributed by atoms with Gasteiger partial charge in [0.1, 0.15) is 40.7 Å². The fourth-order valence-corrected chi connectivity index (χ4v) is 4.94. The molecule has 0 radical (unpaired) electrons. The van der Waals surface area contributed by atoms with E-state index in [1.807, 2.05) is 6.92 Å². The molecule has 0 spiro atoms. The minimum absolute atomic E-state index is 0.0335. The molecule has 5 rings (SSSR count). The van der Waals surface area contributed by atoms with Gasteiger partial charge in [0.2, 0.25) is 0 Å². The number of rotatable bonds is 6. The summed E-state index contributed by atoms with van der Waals surface area (Å²) >= 11 is 0. The number of nitrogens with zero attached hydrogens (tertiary/aromatic N) is 2. The minimum Gasteiger partial charge on any atom is -0.485 e. The molecule has 1 aliphatic carbocycles. The molecule has 2 fully saturated rings.